The van der Waals surface area contributed by atoms with Crippen molar-refractivity contribution in [2.75, 3.05) is 6.54 Å². The number of rotatable bonds is 2. The summed E-state index contributed by atoms with van der Waals surface area (Å²) in [5.41, 5.74) is 1.04. The van der Waals surface area contributed by atoms with Crippen molar-refractivity contribution in [3.05, 3.63) is 35.5 Å². The summed E-state index contributed by atoms with van der Waals surface area (Å²) in [5.74, 6) is 1.43. The normalized spacial score (nSPS) is 19.7. The molecule has 0 bridgehead atoms. The SMILES string of the molecule is c1ccc2c(-c3nc(C4CCCCCN4)no3)csc2c1. The Hall–Kier alpha value is -1.72. The molecule has 3 heterocycles. The molecular weight excluding hydrogens is 282 g/mol. The van der Waals surface area contributed by atoms with Crippen LogP contribution in [-0.4, -0.2) is 16.7 Å². The van der Waals surface area contributed by atoms with Gasteiger partial charge in [-0.05, 0) is 25.5 Å². The van der Waals surface area contributed by atoms with Crippen LogP contribution in [0.2, 0.25) is 0 Å². The van der Waals surface area contributed by atoms with Crippen LogP contribution in [0, 0.1) is 0 Å². The van der Waals surface area contributed by atoms with Gasteiger partial charge in [0.2, 0.25) is 0 Å². The van der Waals surface area contributed by atoms with E-state index in [2.05, 4.69) is 39.0 Å². The maximum absolute atomic E-state index is 5.52. The van der Waals surface area contributed by atoms with E-state index in [9.17, 15) is 0 Å². The Bertz CT molecular complexity index is 741. The summed E-state index contributed by atoms with van der Waals surface area (Å²) in [7, 11) is 0. The molecule has 5 heteroatoms. The third kappa shape index (κ3) is 2.47. The van der Waals surface area contributed by atoms with Crippen molar-refractivity contribution in [1.82, 2.24) is 15.5 Å². The van der Waals surface area contributed by atoms with Crippen LogP contribution < -0.4 is 5.32 Å². The summed E-state index contributed by atoms with van der Waals surface area (Å²) in [4.78, 5) is 4.63. The van der Waals surface area contributed by atoms with E-state index >= 15 is 0 Å². The topological polar surface area (TPSA) is 51.0 Å². The molecule has 0 amide bonds. The highest BCUT2D eigenvalue weighted by Gasteiger charge is 2.21. The summed E-state index contributed by atoms with van der Waals surface area (Å²) in [5, 5.41) is 11.0. The Kier molecular flexibility index (Phi) is 3.45. The molecule has 1 saturated heterocycles. The van der Waals surface area contributed by atoms with Crippen molar-refractivity contribution in [3.8, 4) is 11.5 Å². The Balaban J connectivity index is 1.67. The molecule has 3 aromatic rings. The molecule has 1 aliphatic rings. The summed E-state index contributed by atoms with van der Waals surface area (Å²) >= 11 is 1.71. The molecule has 1 unspecified atom stereocenters. The lowest BCUT2D eigenvalue weighted by Crippen LogP contribution is -2.21. The fraction of sp³-hybridized carbons (Fsp3) is 0.375. The second kappa shape index (κ2) is 5.58. The Morgan fingerprint density at radius 3 is 3.14 bits per heavy atom. The van der Waals surface area contributed by atoms with E-state index in [0.717, 1.165) is 24.4 Å². The zero-order valence-corrected chi connectivity index (χ0v) is 12.5. The van der Waals surface area contributed by atoms with Crippen molar-refractivity contribution in [2.45, 2.75) is 31.7 Å². The molecule has 1 fully saturated rings. The Labute approximate surface area is 127 Å². The number of benzene rings is 1. The number of nitrogens with one attached hydrogen (secondary N) is 1. The van der Waals surface area contributed by atoms with Gasteiger partial charge in [-0.2, -0.15) is 4.98 Å². The van der Waals surface area contributed by atoms with Gasteiger partial charge in [0.05, 0.1) is 11.6 Å². The molecule has 0 radical (unpaired) electrons. The van der Waals surface area contributed by atoms with Gasteiger partial charge in [-0.15, -0.1) is 11.3 Å². The molecule has 1 N–H and O–H groups in total. The van der Waals surface area contributed by atoms with Gasteiger partial charge in [0.15, 0.2) is 5.82 Å². The predicted molar refractivity (Wildman–Crippen MR) is 84.3 cm³/mol. The first kappa shape index (κ1) is 13.0. The van der Waals surface area contributed by atoms with Gasteiger partial charge in [-0.1, -0.05) is 36.2 Å². The third-order valence-electron chi connectivity index (χ3n) is 4.03. The molecule has 21 heavy (non-hydrogen) atoms. The smallest absolute Gasteiger partial charge is 0.259 e. The van der Waals surface area contributed by atoms with E-state index in [1.165, 1.54) is 29.3 Å². The lowest BCUT2D eigenvalue weighted by molar-refractivity contribution is 0.402. The van der Waals surface area contributed by atoms with Gasteiger partial charge in [-0.25, -0.2) is 0 Å². The summed E-state index contributed by atoms with van der Waals surface area (Å²) in [6.07, 6.45) is 4.83. The number of nitrogens with zero attached hydrogens (tertiary/aromatic N) is 2. The van der Waals surface area contributed by atoms with Crippen LogP contribution in [0.1, 0.15) is 37.5 Å². The Morgan fingerprint density at radius 2 is 2.14 bits per heavy atom. The van der Waals surface area contributed by atoms with Crippen molar-refractivity contribution in [3.63, 3.8) is 0 Å². The minimum Gasteiger partial charge on any atom is -0.334 e. The third-order valence-corrected chi connectivity index (χ3v) is 4.99. The average molecular weight is 299 g/mol. The Morgan fingerprint density at radius 1 is 1.19 bits per heavy atom. The molecule has 2 aromatic heterocycles. The van der Waals surface area contributed by atoms with E-state index in [-0.39, 0.29) is 6.04 Å². The summed E-state index contributed by atoms with van der Waals surface area (Å²) in [6.45, 7) is 1.04. The minimum atomic E-state index is 0.231. The monoisotopic (exact) mass is 299 g/mol. The highest BCUT2D eigenvalue weighted by Crippen LogP contribution is 2.33. The predicted octanol–water partition coefficient (Wildman–Crippen LogP) is 4.16. The van der Waals surface area contributed by atoms with Crippen LogP contribution in [0.15, 0.2) is 34.2 Å². The second-order valence-corrected chi connectivity index (χ2v) is 6.37. The van der Waals surface area contributed by atoms with E-state index < -0.39 is 0 Å². The molecule has 1 aromatic carbocycles. The van der Waals surface area contributed by atoms with Crippen molar-refractivity contribution in [2.24, 2.45) is 0 Å². The lowest BCUT2D eigenvalue weighted by Gasteiger charge is -2.09. The number of hydrogen-bond acceptors (Lipinski definition) is 5. The summed E-state index contributed by atoms with van der Waals surface area (Å²) in [6, 6.07) is 8.55. The number of thiophene rings is 1. The molecule has 108 valence electrons. The van der Waals surface area contributed by atoms with E-state index in [1.54, 1.807) is 11.3 Å². The van der Waals surface area contributed by atoms with Crippen LogP contribution in [0.3, 0.4) is 0 Å². The molecule has 1 aliphatic heterocycles. The lowest BCUT2D eigenvalue weighted by atomic mass is 10.1. The minimum absolute atomic E-state index is 0.231. The van der Waals surface area contributed by atoms with Crippen LogP contribution in [0.4, 0.5) is 0 Å². The van der Waals surface area contributed by atoms with Gasteiger partial charge in [0.25, 0.3) is 5.89 Å². The molecule has 4 nitrogen and oxygen atoms in total. The van der Waals surface area contributed by atoms with E-state index in [4.69, 9.17) is 4.52 Å². The average Bonchev–Trinajstić information content (AvgIpc) is 3.07. The first-order valence-corrected chi connectivity index (χ1v) is 8.33. The maximum atomic E-state index is 5.52. The van der Waals surface area contributed by atoms with E-state index in [0.29, 0.717) is 5.89 Å². The van der Waals surface area contributed by atoms with Crippen molar-refractivity contribution >= 4 is 21.4 Å². The van der Waals surface area contributed by atoms with Gasteiger partial charge < -0.3 is 9.84 Å². The zero-order valence-electron chi connectivity index (χ0n) is 11.7. The molecule has 4 rings (SSSR count). The molecule has 0 saturated carbocycles. The van der Waals surface area contributed by atoms with Crippen LogP contribution in [0.25, 0.3) is 21.5 Å². The van der Waals surface area contributed by atoms with Gasteiger partial charge in [-0.3, -0.25) is 0 Å². The fourth-order valence-electron chi connectivity index (χ4n) is 2.88. The zero-order chi connectivity index (χ0) is 14.1. The highest BCUT2D eigenvalue weighted by molar-refractivity contribution is 7.17. The standard InChI is InChI=1S/C16H17N3OS/c1-2-7-13(17-9-5-1)15-18-16(20-19-15)12-10-21-14-8-4-3-6-11(12)14/h3-4,6,8,10,13,17H,1-2,5,7,9H2. The first-order chi connectivity index (χ1) is 10.4. The number of aromatic nitrogens is 2. The van der Waals surface area contributed by atoms with Crippen LogP contribution in [0.5, 0.6) is 0 Å². The summed E-state index contributed by atoms with van der Waals surface area (Å²) < 4.78 is 6.77. The molecule has 0 aliphatic carbocycles. The molecule has 1 atom stereocenters. The second-order valence-electron chi connectivity index (χ2n) is 5.46. The fourth-order valence-corrected chi connectivity index (χ4v) is 3.81. The largest absolute Gasteiger partial charge is 0.334 e. The van der Waals surface area contributed by atoms with Crippen LogP contribution in [-0.2, 0) is 0 Å². The van der Waals surface area contributed by atoms with Gasteiger partial charge in [0, 0.05) is 15.5 Å². The number of fused-ring (bicyclic) bond motifs is 1. The van der Waals surface area contributed by atoms with Gasteiger partial charge >= 0.3 is 0 Å². The highest BCUT2D eigenvalue weighted by atomic mass is 32.1. The van der Waals surface area contributed by atoms with Crippen molar-refractivity contribution < 1.29 is 4.52 Å². The number of hydrogen-bond donors (Lipinski definition) is 1. The van der Waals surface area contributed by atoms with Gasteiger partial charge in [0.1, 0.15) is 0 Å². The maximum Gasteiger partial charge on any atom is 0.259 e. The van der Waals surface area contributed by atoms with Crippen molar-refractivity contribution in [1.29, 1.82) is 0 Å². The van der Waals surface area contributed by atoms with Crippen LogP contribution >= 0.6 is 11.3 Å². The van der Waals surface area contributed by atoms with E-state index in [1.807, 2.05) is 6.07 Å². The quantitative estimate of drug-likeness (QED) is 0.772. The molecular formula is C16H17N3OS. The first-order valence-electron chi connectivity index (χ1n) is 7.45. The molecule has 0 spiro atoms.